The van der Waals surface area contributed by atoms with Crippen molar-refractivity contribution in [2.75, 3.05) is 14.2 Å². The van der Waals surface area contributed by atoms with Crippen LogP contribution in [0.5, 0.6) is 11.5 Å². The van der Waals surface area contributed by atoms with Gasteiger partial charge in [0.25, 0.3) is 0 Å². The first-order valence-corrected chi connectivity index (χ1v) is 9.32. The van der Waals surface area contributed by atoms with Crippen molar-refractivity contribution in [3.8, 4) is 11.5 Å². The van der Waals surface area contributed by atoms with Crippen LogP contribution in [0, 0.1) is 35.1 Å². The molecule has 0 fully saturated rings. The SMILES string of the molecule is CCC(Cc1cc(F)c(F)cc1OC)C[C@@H](C)Cc1cc(F)c(F)cc1OC. The number of halogens is 4. The molecule has 0 aliphatic rings. The molecule has 0 saturated heterocycles. The third-order valence-electron chi connectivity index (χ3n) is 5.04. The summed E-state index contributed by atoms with van der Waals surface area (Å²) in [6.45, 7) is 4.05. The standard InChI is InChI=1S/C22H26F4O2/c1-5-14(8-16-10-18(24)20(26)12-22(16)28-4)6-13(2)7-15-9-17(23)19(25)11-21(15)27-3/h9-14H,5-8H2,1-4H3/t13-,14?/m1/s1. The van der Waals surface area contributed by atoms with Crippen LogP contribution in [0.25, 0.3) is 0 Å². The molecule has 2 atom stereocenters. The summed E-state index contributed by atoms with van der Waals surface area (Å²) in [6, 6.07) is 4.47. The molecule has 2 rings (SSSR count). The van der Waals surface area contributed by atoms with E-state index in [0.717, 1.165) is 25.0 Å². The number of methoxy groups -OCH3 is 2. The quantitative estimate of drug-likeness (QED) is 0.475. The maximum atomic E-state index is 13.6. The number of rotatable bonds is 9. The Balaban J connectivity index is 2.11. The van der Waals surface area contributed by atoms with Crippen LogP contribution in [0.4, 0.5) is 17.6 Å². The summed E-state index contributed by atoms with van der Waals surface area (Å²) in [5.41, 5.74) is 1.22. The van der Waals surface area contributed by atoms with Crippen molar-refractivity contribution in [3.05, 3.63) is 58.7 Å². The molecule has 2 nitrogen and oxygen atoms in total. The molecule has 0 bridgehead atoms. The lowest BCUT2D eigenvalue weighted by Gasteiger charge is -2.22. The average molecular weight is 398 g/mol. The maximum absolute atomic E-state index is 13.6. The molecule has 0 heterocycles. The van der Waals surface area contributed by atoms with Crippen molar-refractivity contribution in [1.29, 1.82) is 0 Å². The lowest BCUT2D eigenvalue weighted by atomic mass is 9.85. The van der Waals surface area contributed by atoms with Gasteiger partial charge < -0.3 is 9.47 Å². The van der Waals surface area contributed by atoms with E-state index in [0.29, 0.717) is 35.5 Å². The van der Waals surface area contributed by atoms with Crippen molar-refractivity contribution < 1.29 is 27.0 Å². The summed E-state index contributed by atoms with van der Waals surface area (Å²) in [6.07, 6.45) is 2.67. The zero-order valence-corrected chi connectivity index (χ0v) is 16.6. The Hall–Kier alpha value is -2.24. The van der Waals surface area contributed by atoms with Gasteiger partial charge in [0, 0.05) is 12.1 Å². The fourth-order valence-corrected chi connectivity index (χ4v) is 3.57. The molecule has 0 radical (unpaired) electrons. The Morgan fingerprint density at radius 1 is 0.750 bits per heavy atom. The van der Waals surface area contributed by atoms with Gasteiger partial charge in [-0.15, -0.1) is 0 Å². The van der Waals surface area contributed by atoms with Crippen LogP contribution in [0.3, 0.4) is 0 Å². The second-order valence-corrected chi connectivity index (χ2v) is 7.18. The molecular formula is C22H26F4O2. The summed E-state index contributed by atoms with van der Waals surface area (Å²) in [7, 11) is 2.85. The molecular weight excluding hydrogens is 372 g/mol. The van der Waals surface area contributed by atoms with E-state index >= 15 is 0 Å². The first kappa shape index (κ1) is 22.1. The van der Waals surface area contributed by atoms with Crippen molar-refractivity contribution in [1.82, 2.24) is 0 Å². The average Bonchev–Trinajstić information content (AvgIpc) is 2.66. The van der Waals surface area contributed by atoms with Gasteiger partial charge >= 0.3 is 0 Å². The van der Waals surface area contributed by atoms with Gasteiger partial charge in [0.05, 0.1) is 14.2 Å². The number of ether oxygens (including phenoxy) is 2. The van der Waals surface area contributed by atoms with E-state index in [1.165, 1.54) is 26.4 Å². The van der Waals surface area contributed by atoms with Crippen molar-refractivity contribution in [2.45, 2.75) is 39.5 Å². The van der Waals surface area contributed by atoms with Gasteiger partial charge in [0.2, 0.25) is 0 Å². The molecule has 2 aromatic rings. The van der Waals surface area contributed by atoms with E-state index < -0.39 is 23.3 Å². The van der Waals surface area contributed by atoms with Crippen LogP contribution >= 0.6 is 0 Å². The van der Waals surface area contributed by atoms with Gasteiger partial charge in [0.1, 0.15) is 11.5 Å². The molecule has 154 valence electrons. The van der Waals surface area contributed by atoms with Gasteiger partial charge in [-0.3, -0.25) is 0 Å². The number of benzene rings is 2. The molecule has 0 spiro atoms. The summed E-state index contributed by atoms with van der Waals surface area (Å²) < 4.78 is 64.4. The van der Waals surface area contributed by atoms with E-state index in [9.17, 15) is 17.6 Å². The van der Waals surface area contributed by atoms with Crippen LogP contribution in [-0.2, 0) is 12.8 Å². The molecule has 0 aliphatic carbocycles. The topological polar surface area (TPSA) is 18.5 Å². The predicted octanol–water partition coefficient (Wildman–Crippen LogP) is 6.10. The van der Waals surface area contributed by atoms with Crippen molar-refractivity contribution in [2.24, 2.45) is 11.8 Å². The minimum Gasteiger partial charge on any atom is -0.496 e. The fraction of sp³-hybridized carbons (Fsp3) is 0.455. The highest BCUT2D eigenvalue weighted by molar-refractivity contribution is 5.36. The monoisotopic (exact) mass is 398 g/mol. The third kappa shape index (κ3) is 5.40. The molecule has 0 N–H and O–H groups in total. The Bertz CT molecular complexity index is 808. The normalized spacial score (nSPS) is 13.3. The summed E-state index contributed by atoms with van der Waals surface area (Å²) in [5.74, 6) is -2.68. The van der Waals surface area contributed by atoms with Gasteiger partial charge in [-0.1, -0.05) is 20.3 Å². The lowest BCUT2D eigenvalue weighted by molar-refractivity contribution is 0.354. The molecule has 0 saturated carbocycles. The molecule has 0 amide bonds. The number of hydrogen-bond acceptors (Lipinski definition) is 2. The molecule has 28 heavy (non-hydrogen) atoms. The van der Waals surface area contributed by atoms with Gasteiger partial charge in [0.15, 0.2) is 23.3 Å². The van der Waals surface area contributed by atoms with E-state index in [1.807, 2.05) is 13.8 Å². The fourth-order valence-electron chi connectivity index (χ4n) is 3.57. The predicted molar refractivity (Wildman–Crippen MR) is 101 cm³/mol. The Morgan fingerprint density at radius 2 is 1.18 bits per heavy atom. The summed E-state index contributed by atoms with van der Waals surface area (Å²) in [4.78, 5) is 0. The first-order valence-electron chi connectivity index (χ1n) is 9.32. The van der Waals surface area contributed by atoms with Gasteiger partial charge in [-0.25, -0.2) is 17.6 Å². The second kappa shape index (κ2) is 9.80. The minimum atomic E-state index is -0.940. The second-order valence-electron chi connectivity index (χ2n) is 7.18. The molecule has 0 aromatic heterocycles. The highest BCUT2D eigenvalue weighted by Crippen LogP contribution is 2.31. The van der Waals surface area contributed by atoms with Crippen LogP contribution in [0.2, 0.25) is 0 Å². The molecule has 2 aromatic carbocycles. The van der Waals surface area contributed by atoms with Crippen LogP contribution in [-0.4, -0.2) is 14.2 Å². The molecule has 6 heteroatoms. The highest BCUT2D eigenvalue weighted by atomic mass is 19.2. The summed E-state index contributed by atoms with van der Waals surface area (Å²) in [5, 5.41) is 0. The first-order chi connectivity index (χ1) is 13.3. The number of hydrogen-bond donors (Lipinski definition) is 0. The largest absolute Gasteiger partial charge is 0.496 e. The van der Waals surface area contributed by atoms with Gasteiger partial charge in [-0.05, 0) is 54.4 Å². The van der Waals surface area contributed by atoms with E-state index in [2.05, 4.69) is 0 Å². The maximum Gasteiger partial charge on any atom is 0.162 e. The molecule has 0 aliphatic heterocycles. The third-order valence-corrected chi connectivity index (χ3v) is 5.04. The Kier molecular flexibility index (Phi) is 7.72. The Labute approximate surface area is 163 Å². The Morgan fingerprint density at radius 3 is 1.61 bits per heavy atom. The molecule has 1 unspecified atom stereocenters. The van der Waals surface area contributed by atoms with Crippen molar-refractivity contribution in [3.63, 3.8) is 0 Å². The van der Waals surface area contributed by atoms with E-state index in [1.54, 1.807) is 0 Å². The highest BCUT2D eigenvalue weighted by Gasteiger charge is 2.19. The van der Waals surface area contributed by atoms with Crippen molar-refractivity contribution >= 4 is 0 Å². The van der Waals surface area contributed by atoms with E-state index in [-0.39, 0.29) is 11.8 Å². The zero-order chi connectivity index (χ0) is 20.8. The summed E-state index contributed by atoms with van der Waals surface area (Å²) >= 11 is 0. The minimum absolute atomic E-state index is 0.153. The van der Waals surface area contributed by atoms with Crippen LogP contribution in [0.1, 0.15) is 37.8 Å². The lowest BCUT2D eigenvalue weighted by Crippen LogP contribution is -2.12. The zero-order valence-electron chi connectivity index (χ0n) is 16.6. The van der Waals surface area contributed by atoms with Crippen LogP contribution < -0.4 is 9.47 Å². The van der Waals surface area contributed by atoms with Gasteiger partial charge in [-0.2, -0.15) is 0 Å². The van der Waals surface area contributed by atoms with E-state index in [4.69, 9.17) is 9.47 Å². The smallest absolute Gasteiger partial charge is 0.162 e. The van der Waals surface area contributed by atoms with Crippen LogP contribution in [0.15, 0.2) is 24.3 Å².